The van der Waals surface area contributed by atoms with Crippen molar-refractivity contribution in [3.8, 4) is 0 Å². The van der Waals surface area contributed by atoms with Crippen LogP contribution >= 0.6 is 0 Å². The summed E-state index contributed by atoms with van der Waals surface area (Å²) in [6.45, 7) is 6.53. The van der Waals surface area contributed by atoms with Gasteiger partial charge in [-0.05, 0) is 33.1 Å². The Balaban J connectivity index is 3.05. The van der Waals surface area contributed by atoms with Gasteiger partial charge in [0.15, 0.2) is 0 Å². The molecule has 0 aromatic heterocycles. The van der Waals surface area contributed by atoms with Crippen molar-refractivity contribution in [1.29, 1.82) is 0 Å². The molecule has 0 aromatic rings. The first-order valence-electron chi connectivity index (χ1n) is 8.01. The highest BCUT2D eigenvalue weighted by molar-refractivity contribution is 5.83. The molecule has 1 fully saturated rings. The lowest BCUT2D eigenvalue weighted by molar-refractivity contribution is -0.155. The highest BCUT2D eigenvalue weighted by atomic mass is 16.6. The number of carbonyl (C=O) groups excluding carboxylic acids is 3. The molecular formula is C16H26N2O7. The first-order valence-corrected chi connectivity index (χ1v) is 8.01. The predicted octanol–water partition coefficient (Wildman–Crippen LogP) is 0.526. The van der Waals surface area contributed by atoms with Crippen LogP contribution in [0, 0.1) is 17.8 Å². The Kier molecular flexibility index (Phi) is 6.78. The summed E-state index contributed by atoms with van der Waals surface area (Å²) < 4.78 is 9.91. The summed E-state index contributed by atoms with van der Waals surface area (Å²) in [5.74, 6) is -4.69. The third kappa shape index (κ3) is 5.91. The fourth-order valence-corrected chi connectivity index (χ4v) is 3.00. The summed E-state index contributed by atoms with van der Waals surface area (Å²) in [7, 11) is 1.16. The van der Waals surface area contributed by atoms with E-state index in [1.807, 2.05) is 0 Å². The van der Waals surface area contributed by atoms with E-state index in [1.165, 1.54) is 6.92 Å². The molecule has 0 saturated heterocycles. The van der Waals surface area contributed by atoms with Gasteiger partial charge in [-0.15, -0.1) is 0 Å². The maximum atomic E-state index is 12.1. The number of nitrogens with one attached hydrogen (secondary N) is 2. The van der Waals surface area contributed by atoms with Crippen molar-refractivity contribution >= 4 is 23.9 Å². The maximum Gasteiger partial charge on any atom is 0.407 e. The molecule has 2 amide bonds. The van der Waals surface area contributed by atoms with Crippen molar-refractivity contribution in [1.82, 2.24) is 10.6 Å². The molecule has 1 aliphatic carbocycles. The number of rotatable bonds is 5. The van der Waals surface area contributed by atoms with Crippen LogP contribution in [0.2, 0.25) is 0 Å². The standard InChI is InChI=1S/C16H26N2O7/c1-8(19)17-7-9-6-10(13(20)21)11(14(22)24-5)12(9)18-15(23)25-16(2,3)4/h9-12H,6-7H2,1-5H3,(H,17,19)(H,18,23)(H,20,21)/t9-,10?,11+,12+/m1/s1. The molecule has 0 spiro atoms. The number of amides is 2. The first-order chi connectivity index (χ1) is 11.5. The lowest BCUT2D eigenvalue weighted by atomic mass is 9.93. The monoisotopic (exact) mass is 358 g/mol. The van der Waals surface area contributed by atoms with Gasteiger partial charge in [0.25, 0.3) is 0 Å². The quantitative estimate of drug-likeness (QED) is 0.611. The van der Waals surface area contributed by atoms with Gasteiger partial charge in [0.05, 0.1) is 25.0 Å². The number of carbonyl (C=O) groups is 4. The molecule has 0 radical (unpaired) electrons. The van der Waals surface area contributed by atoms with Gasteiger partial charge in [-0.1, -0.05) is 0 Å². The number of ether oxygens (including phenoxy) is 2. The molecule has 0 aliphatic heterocycles. The minimum Gasteiger partial charge on any atom is -0.481 e. The Labute approximate surface area is 146 Å². The van der Waals surface area contributed by atoms with Crippen LogP contribution in [0.3, 0.4) is 0 Å². The normalized spacial score (nSPS) is 25.8. The highest BCUT2D eigenvalue weighted by Gasteiger charge is 2.51. The zero-order chi connectivity index (χ0) is 19.4. The van der Waals surface area contributed by atoms with Gasteiger partial charge < -0.3 is 25.2 Å². The lowest BCUT2D eigenvalue weighted by Gasteiger charge is -2.27. The Morgan fingerprint density at radius 2 is 1.80 bits per heavy atom. The highest BCUT2D eigenvalue weighted by Crippen LogP contribution is 2.38. The Bertz CT molecular complexity index is 541. The second-order valence-electron chi connectivity index (χ2n) is 7.10. The van der Waals surface area contributed by atoms with Crippen molar-refractivity contribution in [3.05, 3.63) is 0 Å². The third-order valence-corrected chi connectivity index (χ3v) is 3.97. The van der Waals surface area contributed by atoms with Crippen molar-refractivity contribution in [2.75, 3.05) is 13.7 Å². The van der Waals surface area contributed by atoms with Gasteiger partial charge in [0, 0.05) is 13.5 Å². The fourth-order valence-electron chi connectivity index (χ4n) is 3.00. The van der Waals surface area contributed by atoms with Crippen LogP contribution in [0.1, 0.15) is 34.1 Å². The van der Waals surface area contributed by atoms with Crippen molar-refractivity contribution in [3.63, 3.8) is 0 Å². The molecule has 3 N–H and O–H groups in total. The smallest absolute Gasteiger partial charge is 0.407 e. The van der Waals surface area contributed by atoms with Crippen LogP contribution in [0.4, 0.5) is 4.79 Å². The summed E-state index contributed by atoms with van der Waals surface area (Å²) >= 11 is 0. The Morgan fingerprint density at radius 3 is 2.24 bits per heavy atom. The average Bonchev–Trinajstić information content (AvgIpc) is 2.81. The Morgan fingerprint density at radius 1 is 1.20 bits per heavy atom. The van der Waals surface area contributed by atoms with E-state index in [4.69, 9.17) is 9.47 Å². The summed E-state index contributed by atoms with van der Waals surface area (Å²) in [5.41, 5.74) is -0.747. The largest absolute Gasteiger partial charge is 0.481 e. The number of aliphatic carboxylic acids is 1. The van der Waals surface area contributed by atoms with Gasteiger partial charge in [0.2, 0.25) is 5.91 Å². The minimum atomic E-state index is -1.16. The van der Waals surface area contributed by atoms with E-state index >= 15 is 0 Å². The van der Waals surface area contributed by atoms with Gasteiger partial charge >= 0.3 is 18.0 Å². The summed E-state index contributed by atoms with van der Waals surface area (Å²) in [4.78, 5) is 46.9. The van der Waals surface area contributed by atoms with E-state index in [0.29, 0.717) is 0 Å². The zero-order valence-electron chi connectivity index (χ0n) is 15.1. The van der Waals surface area contributed by atoms with E-state index in [1.54, 1.807) is 20.8 Å². The van der Waals surface area contributed by atoms with E-state index in [2.05, 4.69) is 10.6 Å². The molecule has 0 aromatic carbocycles. The molecule has 142 valence electrons. The van der Waals surface area contributed by atoms with Crippen LogP contribution in [0.25, 0.3) is 0 Å². The molecule has 25 heavy (non-hydrogen) atoms. The number of hydrogen-bond acceptors (Lipinski definition) is 6. The van der Waals surface area contributed by atoms with Crippen LogP contribution < -0.4 is 10.6 Å². The molecule has 0 heterocycles. The van der Waals surface area contributed by atoms with Crippen LogP contribution in [-0.4, -0.2) is 54.3 Å². The molecule has 1 unspecified atom stereocenters. The molecule has 1 saturated carbocycles. The number of methoxy groups -OCH3 is 1. The molecule has 9 nitrogen and oxygen atoms in total. The van der Waals surface area contributed by atoms with E-state index < -0.39 is 47.4 Å². The Hall–Kier alpha value is -2.32. The topological polar surface area (TPSA) is 131 Å². The summed E-state index contributed by atoms with van der Waals surface area (Å²) in [6.07, 6.45) is -0.638. The summed E-state index contributed by atoms with van der Waals surface area (Å²) in [6, 6.07) is -0.824. The van der Waals surface area contributed by atoms with Crippen LogP contribution in [0.5, 0.6) is 0 Å². The third-order valence-electron chi connectivity index (χ3n) is 3.97. The van der Waals surface area contributed by atoms with E-state index in [9.17, 15) is 24.3 Å². The second-order valence-corrected chi connectivity index (χ2v) is 7.10. The lowest BCUT2D eigenvalue weighted by Crippen LogP contribution is -2.49. The van der Waals surface area contributed by atoms with E-state index in [-0.39, 0.29) is 18.9 Å². The molecule has 0 bridgehead atoms. The van der Waals surface area contributed by atoms with E-state index in [0.717, 1.165) is 7.11 Å². The average molecular weight is 358 g/mol. The number of hydrogen-bond donors (Lipinski definition) is 3. The maximum absolute atomic E-state index is 12.1. The van der Waals surface area contributed by atoms with Crippen molar-refractivity contribution in [2.24, 2.45) is 17.8 Å². The van der Waals surface area contributed by atoms with Gasteiger partial charge in [0.1, 0.15) is 5.60 Å². The number of alkyl carbamates (subject to hydrolysis) is 1. The molecule has 9 heteroatoms. The second kappa shape index (κ2) is 8.17. The van der Waals surface area contributed by atoms with Gasteiger partial charge in [-0.25, -0.2) is 4.79 Å². The zero-order valence-corrected chi connectivity index (χ0v) is 15.1. The first kappa shape index (κ1) is 20.7. The molecule has 4 atom stereocenters. The van der Waals surface area contributed by atoms with Crippen molar-refractivity contribution < 1.29 is 33.8 Å². The molecular weight excluding hydrogens is 332 g/mol. The van der Waals surface area contributed by atoms with Crippen molar-refractivity contribution in [2.45, 2.75) is 45.8 Å². The molecule has 1 aliphatic rings. The predicted molar refractivity (Wildman–Crippen MR) is 86.6 cm³/mol. The van der Waals surface area contributed by atoms with Crippen LogP contribution in [-0.2, 0) is 23.9 Å². The molecule has 1 rings (SSSR count). The summed E-state index contributed by atoms with van der Waals surface area (Å²) in [5, 5.41) is 14.6. The number of esters is 1. The number of carboxylic acids is 1. The number of carboxylic acid groups (broad SMARTS) is 1. The SMILES string of the molecule is COC(=O)[C@H]1C(C(=O)O)C[C@H](CNC(C)=O)[C@@H]1NC(=O)OC(C)(C)C. The van der Waals surface area contributed by atoms with Gasteiger partial charge in [-0.2, -0.15) is 0 Å². The minimum absolute atomic E-state index is 0.121. The van der Waals surface area contributed by atoms with Crippen LogP contribution in [0.15, 0.2) is 0 Å². The van der Waals surface area contributed by atoms with Gasteiger partial charge in [-0.3, -0.25) is 14.4 Å². The fraction of sp³-hybridized carbons (Fsp3) is 0.750.